The minimum atomic E-state index is -0.703. The summed E-state index contributed by atoms with van der Waals surface area (Å²) in [4.78, 5) is 35.5. The van der Waals surface area contributed by atoms with Gasteiger partial charge in [-0.2, -0.15) is 0 Å². The zero-order valence-corrected chi connectivity index (χ0v) is 15.2. The van der Waals surface area contributed by atoms with E-state index in [9.17, 15) is 14.4 Å². The Labute approximate surface area is 156 Å². The maximum Gasteiger partial charge on any atom is 0.340 e. The lowest BCUT2D eigenvalue weighted by Crippen LogP contribution is -2.35. The summed E-state index contributed by atoms with van der Waals surface area (Å²) in [6.07, 6.45) is 0. The normalized spacial score (nSPS) is 10.1. The van der Waals surface area contributed by atoms with Gasteiger partial charge in [-0.3, -0.25) is 9.59 Å². The molecule has 136 valence electrons. The van der Waals surface area contributed by atoms with Gasteiger partial charge in [0.25, 0.3) is 5.91 Å². The van der Waals surface area contributed by atoms with Gasteiger partial charge in [-0.05, 0) is 43.2 Å². The first-order valence-corrected chi connectivity index (χ1v) is 8.30. The van der Waals surface area contributed by atoms with Gasteiger partial charge in [-0.15, -0.1) is 0 Å². The van der Waals surface area contributed by atoms with Gasteiger partial charge in [0, 0.05) is 5.69 Å². The van der Waals surface area contributed by atoms with E-state index in [0.29, 0.717) is 5.69 Å². The minimum Gasteiger partial charge on any atom is -0.452 e. The number of anilines is 1. The third-order valence-electron chi connectivity index (χ3n) is 3.75. The Kier molecular flexibility index (Phi) is 6.74. The third kappa shape index (κ3) is 5.32. The fourth-order valence-corrected chi connectivity index (χ4v) is 2.36. The van der Waals surface area contributed by atoms with Crippen molar-refractivity contribution in [3.05, 3.63) is 64.2 Å². The highest BCUT2D eigenvalue weighted by molar-refractivity contribution is 6.33. The molecule has 2 rings (SSSR count). The van der Waals surface area contributed by atoms with E-state index in [4.69, 9.17) is 16.3 Å². The highest BCUT2D eigenvalue weighted by atomic mass is 35.5. The standard InChI is InChI=1S/C19H19ClN2O4/c1-12-6-5-9-16(13(12)2)22-17(23)10-21-18(24)11-26-19(25)14-7-3-4-8-15(14)20/h3-9H,10-11H2,1-2H3,(H,21,24)(H,22,23). The molecule has 0 aliphatic heterocycles. The Morgan fingerprint density at radius 2 is 1.73 bits per heavy atom. The van der Waals surface area contributed by atoms with Crippen LogP contribution < -0.4 is 10.6 Å². The molecule has 0 heterocycles. The number of hydrogen-bond donors (Lipinski definition) is 2. The summed E-state index contributed by atoms with van der Waals surface area (Å²) in [5.74, 6) is -1.66. The SMILES string of the molecule is Cc1cccc(NC(=O)CNC(=O)COC(=O)c2ccccc2Cl)c1C. The fraction of sp³-hybridized carbons (Fsp3) is 0.211. The number of esters is 1. The molecule has 7 heteroatoms. The number of ether oxygens (including phenoxy) is 1. The summed E-state index contributed by atoms with van der Waals surface area (Å²) in [5.41, 5.74) is 2.88. The number of benzene rings is 2. The van der Waals surface area contributed by atoms with Crippen LogP contribution in [0.1, 0.15) is 21.5 Å². The molecule has 26 heavy (non-hydrogen) atoms. The molecule has 0 radical (unpaired) electrons. The smallest absolute Gasteiger partial charge is 0.340 e. The molecule has 0 unspecified atom stereocenters. The zero-order valence-electron chi connectivity index (χ0n) is 14.5. The molecule has 2 amide bonds. The lowest BCUT2D eigenvalue weighted by molar-refractivity contribution is -0.126. The molecule has 0 saturated heterocycles. The Morgan fingerprint density at radius 1 is 1.00 bits per heavy atom. The number of amides is 2. The third-order valence-corrected chi connectivity index (χ3v) is 4.08. The van der Waals surface area contributed by atoms with Crippen molar-refractivity contribution < 1.29 is 19.1 Å². The van der Waals surface area contributed by atoms with Crippen molar-refractivity contribution in [3.63, 3.8) is 0 Å². The van der Waals surface area contributed by atoms with Crippen molar-refractivity contribution in [2.75, 3.05) is 18.5 Å². The summed E-state index contributed by atoms with van der Waals surface area (Å²) >= 11 is 5.88. The van der Waals surface area contributed by atoms with Gasteiger partial charge in [0.1, 0.15) is 0 Å². The number of nitrogens with one attached hydrogen (secondary N) is 2. The lowest BCUT2D eigenvalue weighted by atomic mass is 10.1. The number of carbonyl (C=O) groups is 3. The highest BCUT2D eigenvalue weighted by Crippen LogP contribution is 2.17. The van der Waals surface area contributed by atoms with Crippen molar-refractivity contribution in [2.45, 2.75) is 13.8 Å². The lowest BCUT2D eigenvalue weighted by Gasteiger charge is -2.11. The Balaban J connectivity index is 1.78. The summed E-state index contributed by atoms with van der Waals surface area (Å²) in [6, 6.07) is 11.9. The number of hydrogen-bond acceptors (Lipinski definition) is 4. The molecule has 0 atom stereocenters. The monoisotopic (exact) mass is 374 g/mol. The van der Waals surface area contributed by atoms with E-state index < -0.39 is 18.5 Å². The van der Waals surface area contributed by atoms with Crippen molar-refractivity contribution in [1.82, 2.24) is 5.32 Å². The molecule has 6 nitrogen and oxygen atoms in total. The van der Waals surface area contributed by atoms with Crippen LogP contribution in [0.5, 0.6) is 0 Å². The predicted octanol–water partition coefficient (Wildman–Crippen LogP) is 2.87. The zero-order chi connectivity index (χ0) is 19.1. The molecule has 0 aliphatic carbocycles. The van der Waals surface area contributed by atoms with Gasteiger partial charge < -0.3 is 15.4 Å². The predicted molar refractivity (Wildman–Crippen MR) is 99.3 cm³/mol. The van der Waals surface area contributed by atoms with Crippen LogP contribution >= 0.6 is 11.6 Å². The van der Waals surface area contributed by atoms with E-state index in [2.05, 4.69) is 10.6 Å². The van der Waals surface area contributed by atoms with Crippen molar-refractivity contribution >= 4 is 35.1 Å². The summed E-state index contributed by atoms with van der Waals surface area (Å²) < 4.78 is 4.89. The topological polar surface area (TPSA) is 84.5 Å². The first-order chi connectivity index (χ1) is 12.4. The Hall–Kier alpha value is -2.86. The van der Waals surface area contributed by atoms with Crippen molar-refractivity contribution in [2.24, 2.45) is 0 Å². The van der Waals surface area contributed by atoms with E-state index >= 15 is 0 Å². The van der Waals surface area contributed by atoms with E-state index in [1.807, 2.05) is 26.0 Å². The number of aryl methyl sites for hydroxylation is 1. The van der Waals surface area contributed by atoms with Crippen molar-refractivity contribution in [1.29, 1.82) is 0 Å². The van der Waals surface area contributed by atoms with Gasteiger partial charge in [0.2, 0.25) is 5.91 Å². The van der Waals surface area contributed by atoms with E-state index in [0.717, 1.165) is 11.1 Å². The number of halogens is 1. The van der Waals surface area contributed by atoms with Crippen molar-refractivity contribution in [3.8, 4) is 0 Å². The minimum absolute atomic E-state index is 0.176. The Morgan fingerprint density at radius 3 is 2.46 bits per heavy atom. The second-order valence-corrected chi connectivity index (χ2v) is 6.04. The molecular weight excluding hydrogens is 356 g/mol. The van der Waals surface area contributed by atoms with E-state index in [-0.39, 0.29) is 23.0 Å². The molecule has 0 saturated carbocycles. The van der Waals surface area contributed by atoms with Crippen LogP contribution in [-0.2, 0) is 14.3 Å². The molecule has 0 spiro atoms. The molecule has 2 N–H and O–H groups in total. The summed E-state index contributed by atoms with van der Waals surface area (Å²) in [7, 11) is 0. The molecule has 0 aliphatic rings. The second-order valence-electron chi connectivity index (χ2n) is 5.63. The molecule has 2 aromatic rings. The average Bonchev–Trinajstić information content (AvgIpc) is 2.62. The fourth-order valence-electron chi connectivity index (χ4n) is 2.15. The highest BCUT2D eigenvalue weighted by Gasteiger charge is 2.14. The summed E-state index contributed by atoms with van der Waals surface area (Å²) in [6.45, 7) is 3.12. The van der Waals surface area contributed by atoms with Crippen LogP contribution in [-0.4, -0.2) is 30.9 Å². The van der Waals surface area contributed by atoms with Crippen LogP contribution in [0.25, 0.3) is 0 Å². The molecule has 0 aromatic heterocycles. The largest absolute Gasteiger partial charge is 0.452 e. The van der Waals surface area contributed by atoms with Gasteiger partial charge >= 0.3 is 5.97 Å². The first kappa shape index (κ1) is 19.5. The molecule has 0 bridgehead atoms. The van der Waals surface area contributed by atoms with Gasteiger partial charge in [0.05, 0.1) is 17.1 Å². The van der Waals surface area contributed by atoms with Crippen LogP contribution in [0, 0.1) is 13.8 Å². The van der Waals surface area contributed by atoms with Gasteiger partial charge in [-0.1, -0.05) is 35.9 Å². The van der Waals surface area contributed by atoms with E-state index in [1.165, 1.54) is 6.07 Å². The second kappa shape index (κ2) is 9.01. The van der Waals surface area contributed by atoms with E-state index in [1.54, 1.807) is 24.3 Å². The molecule has 2 aromatic carbocycles. The van der Waals surface area contributed by atoms with Gasteiger partial charge in [-0.25, -0.2) is 4.79 Å². The first-order valence-electron chi connectivity index (χ1n) is 7.93. The molecule has 0 fully saturated rings. The molecular formula is C19H19ClN2O4. The van der Waals surface area contributed by atoms with Gasteiger partial charge in [0.15, 0.2) is 6.61 Å². The Bertz CT molecular complexity index is 836. The number of rotatable bonds is 6. The quantitative estimate of drug-likeness (QED) is 0.761. The van der Waals surface area contributed by atoms with Crippen LogP contribution in [0.3, 0.4) is 0 Å². The maximum atomic E-state index is 11.9. The van der Waals surface area contributed by atoms with Crippen LogP contribution in [0.4, 0.5) is 5.69 Å². The number of carbonyl (C=O) groups excluding carboxylic acids is 3. The maximum absolute atomic E-state index is 11.9. The average molecular weight is 375 g/mol. The van der Waals surface area contributed by atoms with Crippen LogP contribution in [0.15, 0.2) is 42.5 Å². The summed E-state index contributed by atoms with van der Waals surface area (Å²) in [5, 5.41) is 5.36. The van der Waals surface area contributed by atoms with Crippen LogP contribution in [0.2, 0.25) is 5.02 Å².